The molecule has 13 heteroatoms. The Morgan fingerprint density at radius 1 is 0.875 bits per heavy atom. The van der Waals surface area contributed by atoms with E-state index in [0.717, 1.165) is 30.5 Å². The number of amides is 1. The van der Waals surface area contributed by atoms with Gasteiger partial charge in [0.1, 0.15) is 5.75 Å². The highest BCUT2D eigenvalue weighted by molar-refractivity contribution is 5.94. The Hall–Kier alpha value is -6.15. The maximum absolute atomic E-state index is 12.3. The van der Waals surface area contributed by atoms with E-state index < -0.39 is 0 Å². The van der Waals surface area contributed by atoms with Crippen molar-refractivity contribution in [2.75, 3.05) is 60.3 Å². The lowest BCUT2D eigenvalue weighted by atomic mass is 10.1. The molecule has 0 unspecified atom stereocenters. The van der Waals surface area contributed by atoms with Gasteiger partial charge in [0.25, 0.3) is 11.8 Å². The number of pyridine rings is 2. The van der Waals surface area contributed by atoms with E-state index in [1.807, 2.05) is 54.6 Å². The number of oxime groups is 1. The van der Waals surface area contributed by atoms with Crippen LogP contribution in [0.1, 0.15) is 23.7 Å². The van der Waals surface area contributed by atoms with Gasteiger partial charge in [0.05, 0.1) is 51.0 Å². The summed E-state index contributed by atoms with van der Waals surface area (Å²) in [5.74, 6) is 1.09. The number of fused-ring (bicyclic) bond motifs is 2. The fraction of sp³-hybridized carbons (Fsp3) is 0.279. The number of nitrogens with zero attached hydrogens (tertiary/aromatic N) is 5. The summed E-state index contributed by atoms with van der Waals surface area (Å²) in [5.41, 5.74) is 4.57. The molecule has 0 fully saturated rings. The van der Waals surface area contributed by atoms with Gasteiger partial charge in [-0.15, -0.1) is 0 Å². The van der Waals surface area contributed by atoms with E-state index >= 15 is 0 Å². The van der Waals surface area contributed by atoms with E-state index in [-0.39, 0.29) is 12.5 Å². The van der Waals surface area contributed by atoms with Crippen LogP contribution in [0, 0.1) is 0 Å². The summed E-state index contributed by atoms with van der Waals surface area (Å²) in [6.07, 6.45) is 5.24. The maximum Gasteiger partial charge on any atom is 0.258 e. The number of benzene rings is 3. The summed E-state index contributed by atoms with van der Waals surface area (Å²) < 4.78 is 24.3. The van der Waals surface area contributed by atoms with Crippen molar-refractivity contribution in [1.29, 1.82) is 0 Å². The quantitative estimate of drug-likeness (QED) is 0.0437. The van der Waals surface area contributed by atoms with Crippen molar-refractivity contribution < 1.29 is 28.6 Å². The summed E-state index contributed by atoms with van der Waals surface area (Å²) in [5, 5.41) is 12.4. The van der Waals surface area contributed by atoms with Crippen molar-refractivity contribution in [3.05, 3.63) is 132 Å². The monoisotopic (exact) mass is 759 g/mol. The normalized spacial score (nSPS) is 11.4. The number of carbonyl (C=O) groups is 1. The Morgan fingerprint density at radius 2 is 1.66 bits per heavy atom. The van der Waals surface area contributed by atoms with Crippen molar-refractivity contribution in [2.45, 2.75) is 20.0 Å². The van der Waals surface area contributed by atoms with Gasteiger partial charge in [0.15, 0.2) is 6.61 Å². The number of hydrogen-bond acceptors (Lipinski definition) is 11. The van der Waals surface area contributed by atoms with Gasteiger partial charge in [-0.25, -0.2) is 9.97 Å². The van der Waals surface area contributed by atoms with Crippen LogP contribution in [0.4, 0.5) is 0 Å². The highest BCUT2D eigenvalue weighted by atomic mass is 16.6. The molecule has 0 saturated heterocycles. The van der Waals surface area contributed by atoms with Gasteiger partial charge in [0.2, 0.25) is 5.88 Å². The van der Waals surface area contributed by atoms with Gasteiger partial charge in [-0.3, -0.25) is 9.79 Å². The molecule has 0 radical (unpaired) electrons. The second-order valence-corrected chi connectivity index (χ2v) is 12.2. The lowest BCUT2D eigenvalue weighted by Crippen LogP contribution is -2.32. The number of ether oxygens (including phenoxy) is 4. The minimum atomic E-state index is -0.233. The Kier molecular flexibility index (Phi) is 16.8. The van der Waals surface area contributed by atoms with Crippen molar-refractivity contribution >= 4 is 39.8 Å². The van der Waals surface area contributed by atoms with E-state index in [1.54, 1.807) is 37.5 Å². The largest absolute Gasteiger partial charge is 0.484 e. The molecule has 0 aliphatic carbocycles. The SMILES string of the molecule is CCn1ccc2c(CNCCOCCOCCNC(=O)COc3ccc4nc(/C=N/OC(=NC)c5ccnc(OC)c5)ccc4c3)cccc21.c1ccccc1. The van der Waals surface area contributed by atoms with Crippen LogP contribution in [0.2, 0.25) is 0 Å². The molecule has 0 aliphatic heterocycles. The summed E-state index contributed by atoms with van der Waals surface area (Å²) in [6, 6.07) is 33.2. The predicted octanol–water partition coefficient (Wildman–Crippen LogP) is 6.04. The van der Waals surface area contributed by atoms with E-state index in [2.05, 4.69) is 72.7 Å². The van der Waals surface area contributed by atoms with Crippen LogP contribution < -0.4 is 20.1 Å². The van der Waals surface area contributed by atoms with Gasteiger partial charge in [-0.2, -0.15) is 0 Å². The van der Waals surface area contributed by atoms with Crippen LogP contribution in [0.15, 0.2) is 126 Å². The van der Waals surface area contributed by atoms with Gasteiger partial charge < -0.3 is 39.0 Å². The van der Waals surface area contributed by atoms with E-state index in [0.29, 0.717) is 61.8 Å². The minimum absolute atomic E-state index is 0.110. The number of methoxy groups -OCH3 is 1. The Bertz CT molecular complexity index is 2130. The van der Waals surface area contributed by atoms with E-state index in [1.165, 1.54) is 29.8 Å². The number of nitrogens with one attached hydrogen (secondary N) is 2. The Labute approximate surface area is 327 Å². The molecular weight excluding hydrogens is 711 g/mol. The molecule has 13 nitrogen and oxygen atoms in total. The second kappa shape index (κ2) is 22.9. The minimum Gasteiger partial charge on any atom is -0.484 e. The van der Waals surface area contributed by atoms with E-state index in [9.17, 15) is 4.79 Å². The first-order chi connectivity index (χ1) is 27.6. The summed E-state index contributed by atoms with van der Waals surface area (Å²) in [4.78, 5) is 30.5. The fourth-order valence-electron chi connectivity index (χ4n) is 5.54. The molecule has 56 heavy (non-hydrogen) atoms. The van der Waals surface area contributed by atoms with Crippen molar-refractivity contribution in [3.8, 4) is 11.6 Å². The molecule has 0 bridgehead atoms. The van der Waals surface area contributed by atoms with Crippen molar-refractivity contribution in [1.82, 2.24) is 25.2 Å². The topological polar surface area (TPSA) is 143 Å². The highest BCUT2D eigenvalue weighted by Crippen LogP contribution is 2.21. The average molecular weight is 760 g/mol. The smallest absolute Gasteiger partial charge is 0.258 e. The highest BCUT2D eigenvalue weighted by Gasteiger charge is 2.08. The lowest BCUT2D eigenvalue weighted by molar-refractivity contribution is -0.123. The van der Waals surface area contributed by atoms with Gasteiger partial charge in [-0.1, -0.05) is 59.8 Å². The number of carbonyl (C=O) groups excluding carboxylic acids is 1. The van der Waals surface area contributed by atoms with E-state index in [4.69, 9.17) is 23.8 Å². The zero-order chi connectivity index (χ0) is 39.2. The predicted molar refractivity (Wildman–Crippen MR) is 220 cm³/mol. The Morgan fingerprint density at radius 3 is 2.41 bits per heavy atom. The van der Waals surface area contributed by atoms with Gasteiger partial charge in [0, 0.05) is 73.5 Å². The first-order valence-electron chi connectivity index (χ1n) is 18.5. The van der Waals surface area contributed by atoms with Crippen LogP contribution in [-0.4, -0.2) is 92.8 Å². The Balaban J connectivity index is 0.000000912. The number of aliphatic imine (C=N–C) groups is 1. The zero-order valence-electron chi connectivity index (χ0n) is 32.1. The molecule has 3 heterocycles. The number of rotatable bonds is 19. The van der Waals surface area contributed by atoms with Crippen molar-refractivity contribution in [2.24, 2.45) is 10.1 Å². The van der Waals surface area contributed by atoms with Crippen LogP contribution in [0.5, 0.6) is 11.6 Å². The number of hydrogen-bond donors (Lipinski definition) is 2. The van der Waals surface area contributed by atoms with Crippen LogP contribution in [0.3, 0.4) is 0 Å². The maximum atomic E-state index is 12.3. The summed E-state index contributed by atoms with van der Waals surface area (Å²) in [7, 11) is 3.15. The molecule has 0 aliphatic rings. The molecule has 2 N–H and O–H groups in total. The number of aryl methyl sites for hydroxylation is 1. The molecule has 6 rings (SSSR count). The molecule has 292 valence electrons. The summed E-state index contributed by atoms with van der Waals surface area (Å²) >= 11 is 0. The molecular formula is C43H49N7O6. The molecule has 6 aromatic rings. The summed E-state index contributed by atoms with van der Waals surface area (Å²) in [6.45, 7) is 6.86. The first-order valence-corrected chi connectivity index (χ1v) is 18.5. The number of aromatic nitrogens is 3. The second-order valence-electron chi connectivity index (χ2n) is 12.2. The molecule has 0 saturated carbocycles. The fourth-order valence-corrected chi connectivity index (χ4v) is 5.54. The van der Waals surface area contributed by atoms with Crippen molar-refractivity contribution in [3.63, 3.8) is 0 Å². The lowest BCUT2D eigenvalue weighted by Gasteiger charge is -2.10. The third kappa shape index (κ3) is 13.0. The van der Waals surface area contributed by atoms with Crippen LogP contribution in [0.25, 0.3) is 21.8 Å². The average Bonchev–Trinajstić information content (AvgIpc) is 3.68. The third-order valence-electron chi connectivity index (χ3n) is 8.36. The standard InChI is InChI=1S/C37H43N7O6.C6H6/c1-4-44-17-13-32-29(6-5-7-34(32)44)24-39-15-18-47-20-21-48-19-16-40-35(45)26-49-31-10-11-33-27(22-31)8-9-30(43-33)25-42-50-37(38-2)28-12-14-41-36(23-28)46-3;1-2-4-6-5-3-1/h5-14,17,22-23,25,39H,4,15-16,18-21,24,26H2,1-3H3,(H,40,45);1-6H/b38-37?,42-25+;. The molecule has 3 aromatic heterocycles. The zero-order valence-corrected chi connectivity index (χ0v) is 32.1. The van der Waals surface area contributed by atoms with Crippen LogP contribution >= 0.6 is 0 Å². The van der Waals surface area contributed by atoms with Gasteiger partial charge >= 0.3 is 0 Å². The molecule has 1 amide bonds. The first kappa shape index (κ1) is 41.0. The molecule has 0 spiro atoms. The van der Waals surface area contributed by atoms with Gasteiger partial charge in [-0.05, 0) is 55.0 Å². The van der Waals surface area contributed by atoms with Crippen LogP contribution in [-0.2, 0) is 32.2 Å². The third-order valence-corrected chi connectivity index (χ3v) is 8.36. The molecule has 3 aromatic carbocycles. The molecule has 0 atom stereocenters.